The minimum Gasteiger partial charge on any atom is -0.311 e. The summed E-state index contributed by atoms with van der Waals surface area (Å²) in [4.78, 5) is 2.35. The predicted octanol–water partition coefficient (Wildman–Crippen LogP) is 13.0. The number of hydrogen-bond acceptors (Lipinski definition) is 1. The van der Waals surface area contributed by atoms with E-state index in [1.54, 1.807) is 0 Å². The molecule has 0 amide bonds. The zero-order valence-electron chi connectivity index (χ0n) is 26.3. The van der Waals surface area contributed by atoms with E-state index in [1.807, 2.05) is 0 Å². The van der Waals surface area contributed by atoms with E-state index in [-0.39, 0.29) is 0 Å². The fraction of sp³-hybridized carbons (Fsp3) is 0.0435. The van der Waals surface area contributed by atoms with Gasteiger partial charge in [0, 0.05) is 17.1 Å². The molecule has 0 N–H and O–H groups in total. The van der Waals surface area contributed by atoms with Gasteiger partial charge in [-0.15, -0.1) is 0 Å². The molecule has 224 valence electrons. The number of anilines is 3. The van der Waals surface area contributed by atoms with Gasteiger partial charge in [-0.1, -0.05) is 140 Å². The first-order valence-electron chi connectivity index (χ1n) is 16.4. The molecule has 0 saturated heterocycles. The van der Waals surface area contributed by atoms with Crippen molar-refractivity contribution in [2.45, 2.75) is 12.8 Å². The van der Waals surface area contributed by atoms with Crippen LogP contribution in [0.2, 0.25) is 0 Å². The second-order valence-corrected chi connectivity index (χ2v) is 12.1. The molecule has 1 heteroatoms. The molecule has 0 radical (unpaired) electrons. The Kier molecular flexibility index (Phi) is 7.79. The maximum atomic E-state index is 2.35. The van der Waals surface area contributed by atoms with Crippen molar-refractivity contribution in [3.63, 3.8) is 0 Å². The lowest BCUT2D eigenvalue weighted by atomic mass is 9.93. The normalized spacial score (nSPS) is 12.6. The van der Waals surface area contributed by atoms with Crippen LogP contribution in [0.1, 0.15) is 18.4 Å². The highest BCUT2D eigenvalue weighted by molar-refractivity contribution is 6.00. The molecule has 0 spiro atoms. The molecule has 0 heterocycles. The average Bonchev–Trinajstić information content (AvgIpc) is 3.16. The highest BCUT2D eigenvalue weighted by atomic mass is 15.1. The number of nitrogens with zero attached hydrogens (tertiary/aromatic N) is 1. The Labute approximate surface area is 277 Å². The van der Waals surface area contributed by atoms with E-state index in [0.29, 0.717) is 0 Å². The maximum absolute atomic E-state index is 2.35. The molecule has 0 aromatic heterocycles. The second-order valence-electron chi connectivity index (χ2n) is 12.1. The molecule has 0 atom stereocenters. The molecular formula is C46H35N. The largest absolute Gasteiger partial charge is 0.311 e. The zero-order chi connectivity index (χ0) is 31.4. The van der Waals surface area contributed by atoms with Crippen molar-refractivity contribution < 1.29 is 0 Å². The topological polar surface area (TPSA) is 3.24 Å². The van der Waals surface area contributed by atoms with Gasteiger partial charge in [-0.3, -0.25) is 0 Å². The van der Waals surface area contributed by atoms with Crippen molar-refractivity contribution in [3.8, 4) is 33.4 Å². The molecule has 7 aromatic carbocycles. The summed E-state index contributed by atoms with van der Waals surface area (Å²) >= 11 is 0. The van der Waals surface area contributed by atoms with Crippen LogP contribution >= 0.6 is 0 Å². The molecule has 7 aromatic rings. The number of benzene rings is 7. The minimum absolute atomic E-state index is 1.10. The number of fused-ring (bicyclic) bond motifs is 1. The molecule has 1 aliphatic carbocycles. The molecule has 47 heavy (non-hydrogen) atoms. The average molecular weight is 602 g/mol. The Balaban J connectivity index is 1.20. The number of hydrogen-bond donors (Lipinski definition) is 0. The van der Waals surface area contributed by atoms with Crippen LogP contribution in [0.15, 0.2) is 188 Å². The standard InChI is InChI=1S/C46H35N/c1-4-12-34(13-5-1)37-20-26-42(27-21-37)47(43-28-22-38(23-29-43)35-14-6-2-7-15-35)44-30-24-39(25-31-44)46-33-41(36-16-8-3-9-17-36)32-40-18-10-11-19-45(40)46/h1,3-6,8-33H,2,7H2. The summed E-state index contributed by atoms with van der Waals surface area (Å²) in [7, 11) is 0. The SMILES string of the molecule is C1=CC(c2ccc(N(c3ccc(-c4ccccc4)cc3)c3ccc(-c4cc(-c5ccccc5)cc5ccccc45)cc3)cc2)=CCC1. The van der Waals surface area contributed by atoms with Crippen LogP contribution in [-0.4, -0.2) is 0 Å². The lowest BCUT2D eigenvalue weighted by Crippen LogP contribution is -2.10. The quantitative estimate of drug-likeness (QED) is 0.176. The van der Waals surface area contributed by atoms with E-state index in [9.17, 15) is 0 Å². The highest BCUT2D eigenvalue weighted by Crippen LogP contribution is 2.39. The van der Waals surface area contributed by atoms with E-state index in [2.05, 4.69) is 193 Å². The first-order valence-corrected chi connectivity index (χ1v) is 16.4. The van der Waals surface area contributed by atoms with Crippen LogP contribution in [0.3, 0.4) is 0 Å². The molecule has 0 unspecified atom stereocenters. The van der Waals surface area contributed by atoms with Crippen molar-refractivity contribution >= 4 is 33.4 Å². The van der Waals surface area contributed by atoms with E-state index >= 15 is 0 Å². The molecule has 1 aliphatic rings. The molecule has 1 nitrogen and oxygen atoms in total. The van der Waals surface area contributed by atoms with E-state index < -0.39 is 0 Å². The van der Waals surface area contributed by atoms with Crippen molar-refractivity contribution in [3.05, 3.63) is 194 Å². The Morgan fingerprint density at radius 2 is 0.894 bits per heavy atom. The Morgan fingerprint density at radius 3 is 1.49 bits per heavy atom. The fourth-order valence-corrected chi connectivity index (χ4v) is 6.65. The zero-order valence-corrected chi connectivity index (χ0v) is 26.3. The van der Waals surface area contributed by atoms with Gasteiger partial charge in [-0.25, -0.2) is 0 Å². The van der Waals surface area contributed by atoms with Gasteiger partial charge in [-0.05, 0) is 117 Å². The number of allylic oxidation sites excluding steroid dienone is 4. The third-order valence-electron chi connectivity index (χ3n) is 9.09. The Morgan fingerprint density at radius 1 is 0.383 bits per heavy atom. The molecule has 0 fully saturated rings. The van der Waals surface area contributed by atoms with E-state index in [4.69, 9.17) is 0 Å². The Bertz CT molecular complexity index is 2190. The monoisotopic (exact) mass is 601 g/mol. The smallest absolute Gasteiger partial charge is 0.0462 e. The van der Waals surface area contributed by atoms with E-state index in [1.165, 1.54) is 55.3 Å². The van der Waals surface area contributed by atoms with Crippen molar-refractivity contribution in [2.24, 2.45) is 0 Å². The van der Waals surface area contributed by atoms with Gasteiger partial charge in [-0.2, -0.15) is 0 Å². The van der Waals surface area contributed by atoms with Crippen molar-refractivity contribution in [1.29, 1.82) is 0 Å². The minimum atomic E-state index is 1.10. The lowest BCUT2D eigenvalue weighted by molar-refractivity contribution is 1.04. The van der Waals surface area contributed by atoms with Crippen molar-refractivity contribution in [2.75, 3.05) is 4.90 Å². The van der Waals surface area contributed by atoms with Gasteiger partial charge in [0.25, 0.3) is 0 Å². The van der Waals surface area contributed by atoms with Crippen LogP contribution < -0.4 is 4.90 Å². The van der Waals surface area contributed by atoms with Crippen LogP contribution in [-0.2, 0) is 0 Å². The molecule has 0 aliphatic heterocycles. The van der Waals surface area contributed by atoms with Gasteiger partial charge < -0.3 is 4.90 Å². The summed E-state index contributed by atoms with van der Waals surface area (Å²) in [6.45, 7) is 0. The maximum Gasteiger partial charge on any atom is 0.0462 e. The van der Waals surface area contributed by atoms with Gasteiger partial charge in [0.15, 0.2) is 0 Å². The first-order chi connectivity index (χ1) is 23.3. The van der Waals surface area contributed by atoms with E-state index in [0.717, 1.165) is 29.9 Å². The van der Waals surface area contributed by atoms with Gasteiger partial charge in [0.2, 0.25) is 0 Å². The molecule has 8 rings (SSSR count). The summed E-state index contributed by atoms with van der Waals surface area (Å²) in [5, 5.41) is 2.51. The second kappa shape index (κ2) is 12.8. The van der Waals surface area contributed by atoms with Gasteiger partial charge >= 0.3 is 0 Å². The van der Waals surface area contributed by atoms with Gasteiger partial charge in [0.05, 0.1) is 0 Å². The molecule has 0 saturated carbocycles. The van der Waals surface area contributed by atoms with Crippen LogP contribution in [0.5, 0.6) is 0 Å². The third-order valence-corrected chi connectivity index (χ3v) is 9.09. The highest BCUT2D eigenvalue weighted by Gasteiger charge is 2.15. The van der Waals surface area contributed by atoms with Gasteiger partial charge in [0.1, 0.15) is 0 Å². The number of rotatable bonds is 7. The predicted molar refractivity (Wildman–Crippen MR) is 201 cm³/mol. The van der Waals surface area contributed by atoms with Crippen LogP contribution in [0, 0.1) is 0 Å². The molecule has 0 bridgehead atoms. The molecular weight excluding hydrogens is 567 g/mol. The summed E-state index contributed by atoms with van der Waals surface area (Å²) in [5.74, 6) is 0. The summed E-state index contributed by atoms with van der Waals surface area (Å²) in [6.07, 6.45) is 9.07. The van der Waals surface area contributed by atoms with Crippen LogP contribution in [0.25, 0.3) is 49.7 Å². The lowest BCUT2D eigenvalue weighted by Gasteiger charge is -2.26. The third kappa shape index (κ3) is 5.92. The summed E-state index contributed by atoms with van der Waals surface area (Å²) in [5.41, 5.74) is 13.3. The van der Waals surface area contributed by atoms with Crippen molar-refractivity contribution in [1.82, 2.24) is 0 Å². The summed E-state index contributed by atoms with van der Waals surface area (Å²) in [6, 6.07) is 61.5. The first kappa shape index (κ1) is 28.5. The fourth-order valence-electron chi connectivity index (χ4n) is 6.65. The van der Waals surface area contributed by atoms with Crippen LogP contribution in [0.4, 0.5) is 17.1 Å². The summed E-state index contributed by atoms with van der Waals surface area (Å²) < 4.78 is 0. The Hall–Kier alpha value is -5.92.